The van der Waals surface area contributed by atoms with Gasteiger partial charge in [-0.2, -0.15) is 0 Å². The molecule has 61 heavy (non-hydrogen) atoms. The molecule has 0 atom stereocenters. The number of benzene rings is 9. The van der Waals surface area contributed by atoms with Crippen molar-refractivity contribution in [3.05, 3.63) is 205 Å². The normalized spacial score (nSPS) is 12.9. The van der Waals surface area contributed by atoms with Crippen LogP contribution >= 0.6 is 0 Å². The Morgan fingerprint density at radius 2 is 0.836 bits per heavy atom. The molecular formula is C57H38N2O2. The van der Waals surface area contributed by atoms with E-state index in [4.69, 9.17) is 18.8 Å². The Kier molecular flexibility index (Phi) is 7.85. The van der Waals surface area contributed by atoms with Gasteiger partial charge in [0.05, 0.1) is 0 Å². The summed E-state index contributed by atoms with van der Waals surface area (Å²) in [5.74, 6) is 1.23. The Morgan fingerprint density at radius 1 is 0.361 bits per heavy atom. The van der Waals surface area contributed by atoms with E-state index >= 15 is 0 Å². The van der Waals surface area contributed by atoms with Crippen LogP contribution in [0.15, 0.2) is 203 Å². The molecule has 288 valence electrons. The molecule has 0 aliphatic heterocycles. The summed E-state index contributed by atoms with van der Waals surface area (Å²) in [6.45, 7) is 4.72. The van der Waals surface area contributed by atoms with Crippen molar-refractivity contribution >= 4 is 33.0 Å². The number of oxazole rings is 2. The van der Waals surface area contributed by atoms with E-state index in [9.17, 15) is 0 Å². The molecule has 0 N–H and O–H groups in total. The Balaban J connectivity index is 0.940. The lowest BCUT2D eigenvalue weighted by Gasteiger charge is -2.22. The van der Waals surface area contributed by atoms with Gasteiger partial charge in [0.25, 0.3) is 0 Å². The van der Waals surface area contributed by atoms with E-state index in [2.05, 4.69) is 159 Å². The molecule has 0 fully saturated rings. The Labute approximate surface area is 353 Å². The van der Waals surface area contributed by atoms with Crippen LogP contribution < -0.4 is 0 Å². The van der Waals surface area contributed by atoms with Crippen molar-refractivity contribution in [2.75, 3.05) is 0 Å². The molecule has 0 saturated carbocycles. The van der Waals surface area contributed by atoms with Gasteiger partial charge in [-0.05, 0) is 156 Å². The van der Waals surface area contributed by atoms with E-state index in [0.29, 0.717) is 11.8 Å². The van der Waals surface area contributed by atoms with Crippen molar-refractivity contribution in [2.45, 2.75) is 19.3 Å². The quantitative estimate of drug-likeness (QED) is 0.169. The molecule has 4 heteroatoms. The number of aromatic nitrogens is 2. The van der Waals surface area contributed by atoms with Gasteiger partial charge in [-0.25, -0.2) is 9.97 Å². The summed E-state index contributed by atoms with van der Waals surface area (Å²) in [7, 11) is 0. The first-order valence-corrected chi connectivity index (χ1v) is 20.8. The van der Waals surface area contributed by atoms with E-state index in [1.807, 2.05) is 48.5 Å². The van der Waals surface area contributed by atoms with Crippen molar-refractivity contribution in [3.63, 3.8) is 0 Å². The summed E-state index contributed by atoms with van der Waals surface area (Å²) in [6, 6.07) is 69.0. The van der Waals surface area contributed by atoms with Gasteiger partial charge in [0.1, 0.15) is 11.0 Å². The number of hydrogen-bond acceptors (Lipinski definition) is 4. The van der Waals surface area contributed by atoms with Crippen LogP contribution in [0.3, 0.4) is 0 Å². The number of hydrogen-bond donors (Lipinski definition) is 0. The highest BCUT2D eigenvalue weighted by atomic mass is 16.4. The fourth-order valence-corrected chi connectivity index (χ4v) is 9.29. The van der Waals surface area contributed by atoms with Crippen LogP contribution in [-0.4, -0.2) is 9.97 Å². The summed E-state index contributed by atoms with van der Waals surface area (Å²) in [4.78, 5) is 9.48. The van der Waals surface area contributed by atoms with Crippen molar-refractivity contribution in [3.8, 4) is 78.5 Å². The van der Waals surface area contributed by atoms with Crippen LogP contribution in [0.2, 0.25) is 0 Å². The fraction of sp³-hybridized carbons (Fsp3) is 0.0526. The van der Waals surface area contributed by atoms with E-state index < -0.39 is 0 Å². The standard InChI is InChI=1S/C57H38N2O2/c1-57(2)48-29-27-37-10-3-4-13-46(37)54(48)47-28-26-42(34-49(47)57)40-11-9-12-41(30-40)45-32-43(35-18-22-38(23-19-35)55-58-50-14-5-7-16-52(50)60-55)31-44(33-45)36-20-24-39(25-21-36)56-59-51-15-6-8-17-53(51)61-56/h3-34H,1-2H3. The average Bonchev–Trinajstić information content (AvgIpc) is 4.02. The monoisotopic (exact) mass is 782 g/mol. The maximum absolute atomic E-state index is 6.11. The summed E-state index contributed by atoms with van der Waals surface area (Å²) >= 11 is 0. The van der Waals surface area contributed by atoms with Crippen molar-refractivity contribution in [2.24, 2.45) is 0 Å². The van der Waals surface area contributed by atoms with E-state index in [0.717, 1.165) is 66.7 Å². The average molecular weight is 783 g/mol. The van der Waals surface area contributed by atoms with Crippen LogP contribution in [0.5, 0.6) is 0 Å². The van der Waals surface area contributed by atoms with E-state index in [1.165, 1.54) is 44.2 Å². The minimum Gasteiger partial charge on any atom is -0.436 e. The maximum atomic E-state index is 6.11. The molecule has 0 amide bonds. The van der Waals surface area contributed by atoms with Gasteiger partial charge in [0.15, 0.2) is 11.2 Å². The van der Waals surface area contributed by atoms with Crippen LogP contribution in [0.25, 0.3) is 112 Å². The number of para-hydroxylation sites is 4. The predicted molar refractivity (Wildman–Crippen MR) is 249 cm³/mol. The third kappa shape index (κ3) is 5.90. The Bertz CT molecular complexity index is 3300. The lowest BCUT2D eigenvalue weighted by atomic mass is 9.81. The fourth-order valence-electron chi connectivity index (χ4n) is 9.29. The molecule has 0 unspecified atom stereocenters. The van der Waals surface area contributed by atoms with Crippen molar-refractivity contribution < 1.29 is 8.83 Å². The second-order valence-corrected chi connectivity index (χ2v) is 16.6. The maximum Gasteiger partial charge on any atom is 0.227 e. The molecule has 1 aliphatic carbocycles. The highest BCUT2D eigenvalue weighted by molar-refractivity contribution is 6.03. The van der Waals surface area contributed by atoms with Gasteiger partial charge in [0, 0.05) is 16.5 Å². The first-order chi connectivity index (χ1) is 29.9. The van der Waals surface area contributed by atoms with Gasteiger partial charge in [-0.3, -0.25) is 0 Å². The number of rotatable bonds is 6. The minimum atomic E-state index is -0.114. The first kappa shape index (κ1) is 35.2. The molecule has 9 aromatic carbocycles. The minimum absolute atomic E-state index is 0.114. The number of fused-ring (bicyclic) bond motifs is 7. The molecule has 1 aliphatic rings. The zero-order valence-electron chi connectivity index (χ0n) is 33.7. The summed E-state index contributed by atoms with van der Waals surface area (Å²) < 4.78 is 12.2. The lowest BCUT2D eigenvalue weighted by molar-refractivity contribution is 0.619. The zero-order valence-corrected chi connectivity index (χ0v) is 33.7. The largest absolute Gasteiger partial charge is 0.436 e. The molecule has 0 spiro atoms. The SMILES string of the molecule is CC1(C)c2cc(-c3cccc(-c4cc(-c5ccc(-c6nc7ccccc7o6)cc5)cc(-c5ccc(-c6nc7ccccc7o6)cc5)c4)c3)ccc2-c2c1ccc1ccccc21. The highest BCUT2D eigenvalue weighted by Gasteiger charge is 2.36. The van der Waals surface area contributed by atoms with Gasteiger partial charge >= 0.3 is 0 Å². The van der Waals surface area contributed by atoms with Gasteiger partial charge in [-0.1, -0.05) is 129 Å². The molecule has 11 aromatic rings. The van der Waals surface area contributed by atoms with Crippen molar-refractivity contribution in [1.82, 2.24) is 9.97 Å². The smallest absolute Gasteiger partial charge is 0.227 e. The van der Waals surface area contributed by atoms with Crippen LogP contribution in [-0.2, 0) is 5.41 Å². The molecule has 2 heterocycles. The second kappa shape index (κ2) is 13.6. The first-order valence-electron chi connectivity index (χ1n) is 20.8. The number of nitrogens with zero attached hydrogens (tertiary/aromatic N) is 2. The van der Waals surface area contributed by atoms with E-state index in [1.54, 1.807) is 0 Å². The van der Waals surface area contributed by atoms with Gasteiger partial charge in [0.2, 0.25) is 11.8 Å². The lowest BCUT2D eigenvalue weighted by Crippen LogP contribution is -2.15. The highest BCUT2D eigenvalue weighted by Crippen LogP contribution is 2.52. The summed E-state index contributed by atoms with van der Waals surface area (Å²) in [5, 5.41) is 2.60. The molecule has 0 saturated heterocycles. The van der Waals surface area contributed by atoms with Gasteiger partial charge in [-0.15, -0.1) is 0 Å². The third-order valence-corrected chi connectivity index (χ3v) is 12.5. The molecule has 12 rings (SSSR count). The summed E-state index contributed by atoms with van der Waals surface area (Å²) in [5.41, 5.74) is 19.6. The topological polar surface area (TPSA) is 52.1 Å². The molecule has 2 aromatic heterocycles. The van der Waals surface area contributed by atoms with Gasteiger partial charge < -0.3 is 8.83 Å². The van der Waals surface area contributed by atoms with Crippen LogP contribution in [0.1, 0.15) is 25.0 Å². The molecular weight excluding hydrogens is 745 g/mol. The van der Waals surface area contributed by atoms with E-state index in [-0.39, 0.29) is 5.41 Å². The third-order valence-electron chi connectivity index (χ3n) is 12.5. The zero-order chi connectivity index (χ0) is 40.7. The summed E-state index contributed by atoms with van der Waals surface area (Å²) in [6.07, 6.45) is 0. The predicted octanol–water partition coefficient (Wildman–Crippen LogP) is 15.4. The Hall–Kier alpha value is -7.82. The van der Waals surface area contributed by atoms with Crippen molar-refractivity contribution in [1.29, 1.82) is 0 Å². The second-order valence-electron chi connectivity index (χ2n) is 16.6. The molecule has 0 bridgehead atoms. The van der Waals surface area contributed by atoms with Crippen LogP contribution in [0.4, 0.5) is 0 Å². The molecule has 0 radical (unpaired) electrons. The Morgan fingerprint density at radius 3 is 1.44 bits per heavy atom. The molecule has 4 nitrogen and oxygen atoms in total. The van der Waals surface area contributed by atoms with Crippen LogP contribution in [0, 0.1) is 0 Å².